The van der Waals surface area contributed by atoms with Crippen LogP contribution in [0.1, 0.15) is 78.1 Å². The van der Waals surface area contributed by atoms with Crippen LogP contribution in [-0.4, -0.2) is 30.2 Å². The molecule has 5 aliphatic rings. The predicted octanol–water partition coefficient (Wildman–Crippen LogP) is 5.63. The Morgan fingerprint density at radius 1 is 1.00 bits per heavy atom. The number of hydrogen-bond donors (Lipinski definition) is 1. The lowest BCUT2D eigenvalue weighted by atomic mass is 9.43. The van der Waals surface area contributed by atoms with Crippen LogP contribution in [0.3, 0.4) is 0 Å². The molecule has 1 N–H and O–H groups in total. The molecule has 0 spiro atoms. The Balaban J connectivity index is 1.37. The lowest BCUT2D eigenvalue weighted by Gasteiger charge is -2.61. The predicted molar refractivity (Wildman–Crippen MR) is 115 cm³/mol. The van der Waals surface area contributed by atoms with Crippen molar-refractivity contribution in [3.8, 4) is 0 Å². The van der Waals surface area contributed by atoms with E-state index in [4.69, 9.17) is 9.47 Å². The minimum Gasteiger partial charge on any atom is -0.388 e. The lowest BCUT2D eigenvalue weighted by molar-refractivity contribution is -0.217. The van der Waals surface area contributed by atoms with Crippen LogP contribution in [0, 0.1) is 34.5 Å². The Kier molecular flexibility index (Phi) is 5.04. The van der Waals surface area contributed by atoms with E-state index in [-0.39, 0.29) is 23.2 Å². The number of hydrogen-bond acceptors (Lipinski definition) is 3. The van der Waals surface area contributed by atoms with Crippen molar-refractivity contribution < 1.29 is 14.6 Å². The summed E-state index contributed by atoms with van der Waals surface area (Å²) in [5, 5.41) is 10.5. The van der Waals surface area contributed by atoms with Gasteiger partial charge in [-0.2, -0.15) is 0 Å². The topological polar surface area (TPSA) is 38.7 Å². The third kappa shape index (κ3) is 2.94. The molecule has 0 aromatic rings. The minimum atomic E-state index is -0.384. The maximum Gasteiger partial charge on any atom is 0.157 e. The monoisotopic (exact) mass is 400 g/mol. The summed E-state index contributed by atoms with van der Waals surface area (Å²) in [6.07, 6.45) is 11.9. The van der Waals surface area contributed by atoms with Crippen molar-refractivity contribution in [1.29, 1.82) is 0 Å². The molecule has 0 radical (unpaired) electrons. The van der Waals surface area contributed by atoms with Gasteiger partial charge in [0.2, 0.25) is 0 Å². The number of rotatable bonds is 2. The fraction of sp³-hybridized carbons (Fsp3) is 0.846. The highest BCUT2D eigenvalue weighted by molar-refractivity contribution is 5.40. The van der Waals surface area contributed by atoms with Crippen LogP contribution < -0.4 is 0 Å². The molecule has 0 aromatic carbocycles. The first-order valence-electron chi connectivity index (χ1n) is 12.2. The second-order valence-electron chi connectivity index (χ2n) is 11.2. The van der Waals surface area contributed by atoms with Crippen LogP contribution in [0.5, 0.6) is 0 Å². The normalized spacial score (nSPS) is 52.6. The van der Waals surface area contributed by atoms with Crippen molar-refractivity contribution in [3.63, 3.8) is 0 Å². The third-order valence-electron chi connectivity index (χ3n) is 10.2. The molecule has 9 atom stereocenters. The first-order valence-corrected chi connectivity index (χ1v) is 12.2. The standard InChI is InChI=1S/C26H40O3/c1-16-17(2)26(4)18(15-22(16)27)8-9-19-20-10-11-23(25(20,3)13-12-21(19)26)29-24-7-5-6-14-28-24/h18-24,27H,1-2,5-15H2,3-4H3/t18?,19-,20-,21+,22?,23?,24?,25-,26-/m0/s1. The summed E-state index contributed by atoms with van der Waals surface area (Å²) in [5.41, 5.74) is 2.46. The molecule has 1 heterocycles. The zero-order chi connectivity index (χ0) is 20.4. The van der Waals surface area contributed by atoms with Crippen molar-refractivity contribution >= 4 is 0 Å². The van der Waals surface area contributed by atoms with Crippen LogP contribution in [-0.2, 0) is 9.47 Å². The Bertz CT molecular complexity index is 679. The molecule has 29 heavy (non-hydrogen) atoms. The maximum atomic E-state index is 10.5. The van der Waals surface area contributed by atoms with Gasteiger partial charge in [0.25, 0.3) is 0 Å². The van der Waals surface area contributed by atoms with Crippen molar-refractivity contribution in [1.82, 2.24) is 0 Å². The molecule has 5 rings (SSSR count). The van der Waals surface area contributed by atoms with E-state index < -0.39 is 0 Å². The molecule has 1 aliphatic heterocycles. The highest BCUT2D eigenvalue weighted by Crippen LogP contribution is 2.67. The van der Waals surface area contributed by atoms with Gasteiger partial charge < -0.3 is 14.6 Å². The number of aliphatic hydroxyl groups excluding tert-OH is 1. The van der Waals surface area contributed by atoms with Gasteiger partial charge in [-0.15, -0.1) is 0 Å². The molecule has 3 heteroatoms. The number of aliphatic hydroxyl groups is 1. The van der Waals surface area contributed by atoms with Gasteiger partial charge >= 0.3 is 0 Å². The number of ether oxygens (including phenoxy) is 2. The highest BCUT2D eigenvalue weighted by atomic mass is 16.7. The Morgan fingerprint density at radius 3 is 2.59 bits per heavy atom. The van der Waals surface area contributed by atoms with E-state index in [1.165, 1.54) is 51.4 Å². The van der Waals surface area contributed by atoms with E-state index in [0.717, 1.165) is 42.4 Å². The highest BCUT2D eigenvalue weighted by Gasteiger charge is 2.62. The molecule has 1 saturated heterocycles. The summed E-state index contributed by atoms with van der Waals surface area (Å²) >= 11 is 0. The summed E-state index contributed by atoms with van der Waals surface area (Å²) in [7, 11) is 0. The summed E-state index contributed by atoms with van der Waals surface area (Å²) in [4.78, 5) is 0. The van der Waals surface area contributed by atoms with E-state index in [0.29, 0.717) is 17.9 Å². The molecule has 5 fully saturated rings. The molecule has 162 valence electrons. The van der Waals surface area contributed by atoms with Crippen LogP contribution in [0.2, 0.25) is 0 Å². The fourth-order valence-electron chi connectivity index (χ4n) is 8.40. The molecule has 4 aliphatic carbocycles. The second-order valence-corrected chi connectivity index (χ2v) is 11.2. The number of fused-ring (bicyclic) bond motifs is 5. The Morgan fingerprint density at radius 2 is 1.83 bits per heavy atom. The van der Waals surface area contributed by atoms with Crippen molar-refractivity contribution in [2.45, 2.75) is 96.6 Å². The molecular weight excluding hydrogens is 360 g/mol. The summed E-state index contributed by atoms with van der Waals surface area (Å²) in [6.45, 7) is 14.5. The minimum absolute atomic E-state index is 0.0261. The molecule has 0 amide bonds. The van der Waals surface area contributed by atoms with Crippen molar-refractivity contribution in [2.75, 3.05) is 6.61 Å². The van der Waals surface area contributed by atoms with Gasteiger partial charge in [0.15, 0.2) is 6.29 Å². The van der Waals surface area contributed by atoms with E-state index >= 15 is 0 Å². The molecule has 0 bridgehead atoms. The zero-order valence-electron chi connectivity index (χ0n) is 18.5. The van der Waals surface area contributed by atoms with Gasteiger partial charge in [0.05, 0.1) is 12.2 Å². The molecular formula is C26H40O3. The molecule has 4 saturated carbocycles. The van der Waals surface area contributed by atoms with Crippen molar-refractivity contribution in [3.05, 3.63) is 24.3 Å². The van der Waals surface area contributed by atoms with Crippen LogP contribution >= 0.6 is 0 Å². The Labute approximate surface area is 176 Å². The fourth-order valence-corrected chi connectivity index (χ4v) is 8.40. The lowest BCUT2D eigenvalue weighted by Crippen LogP contribution is -2.55. The van der Waals surface area contributed by atoms with Gasteiger partial charge in [-0.25, -0.2) is 0 Å². The average molecular weight is 401 g/mol. The Hall–Kier alpha value is -0.640. The molecule has 0 aromatic heterocycles. The van der Waals surface area contributed by atoms with Crippen molar-refractivity contribution in [2.24, 2.45) is 34.5 Å². The average Bonchev–Trinajstić information content (AvgIpc) is 3.05. The first-order chi connectivity index (χ1) is 13.9. The van der Waals surface area contributed by atoms with Crippen LogP contribution in [0.15, 0.2) is 24.3 Å². The SMILES string of the molecule is C=C1C(=C)[C@@]2(C)C(CC[C@@H]3[C@H]2CC[C@]2(C)C(OC4CCCCO4)CC[C@@H]32)CC1O. The third-order valence-corrected chi connectivity index (χ3v) is 10.2. The summed E-state index contributed by atoms with van der Waals surface area (Å²) in [6, 6.07) is 0. The van der Waals surface area contributed by atoms with E-state index in [2.05, 4.69) is 27.0 Å². The van der Waals surface area contributed by atoms with Gasteiger partial charge in [-0.1, -0.05) is 27.0 Å². The maximum absolute atomic E-state index is 10.5. The van der Waals surface area contributed by atoms with Crippen LogP contribution in [0.25, 0.3) is 0 Å². The molecule has 3 nitrogen and oxygen atoms in total. The molecule has 4 unspecified atom stereocenters. The van der Waals surface area contributed by atoms with Gasteiger partial charge in [-0.05, 0) is 110 Å². The van der Waals surface area contributed by atoms with Gasteiger partial charge in [0, 0.05) is 6.61 Å². The van der Waals surface area contributed by atoms with E-state index in [1.807, 2.05) is 0 Å². The van der Waals surface area contributed by atoms with E-state index in [9.17, 15) is 5.11 Å². The zero-order valence-corrected chi connectivity index (χ0v) is 18.5. The second kappa shape index (κ2) is 7.21. The summed E-state index contributed by atoms with van der Waals surface area (Å²) < 4.78 is 12.5. The smallest absolute Gasteiger partial charge is 0.157 e. The quantitative estimate of drug-likeness (QED) is 0.652. The summed E-state index contributed by atoms with van der Waals surface area (Å²) in [5.74, 6) is 2.75. The van der Waals surface area contributed by atoms with E-state index in [1.54, 1.807) is 0 Å². The largest absolute Gasteiger partial charge is 0.388 e. The van der Waals surface area contributed by atoms with Gasteiger partial charge in [0.1, 0.15) is 0 Å². The first kappa shape index (κ1) is 20.3. The van der Waals surface area contributed by atoms with Gasteiger partial charge in [-0.3, -0.25) is 0 Å². The van der Waals surface area contributed by atoms with Crippen LogP contribution in [0.4, 0.5) is 0 Å².